The lowest BCUT2D eigenvalue weighted by atomic mass is 10.1. The van der Waals surface area contributed by atoms with E-state index in [1.807, 2.05) is 6.08 Å². The molecule has 0 aliphatic rings. The minimum Gasteiger partial charge on any atom is -0.462 e. The van der Waals surface area contributed by atoms with Crippen molar-refractivity contribution >= 4 is 17.9 Å². The Hall–Kier alpha value is -3.67. The molecular formula is C59H98O6. The molecule has 0 saturated heterocycles. The molecule has 0 aromatic heterocycles. The van der Waals surface area contributed by atoms with Gasteiger partial charge >= 0.3 is 17.9 Å². The van der Waals surface area contributed by atoms with Crippen molar-refractivity contribution < 1.29 is 28.6 Å². The molecule has 0 aliphatic carbocycles. The first-order valence-electron chi connectivity index (χ1n) is 26.7. The Balaban J connectivity index is 4.51. The summed E-state index contributed by atoms with van der Waals surface area (Å²) in [6.07, 6.45) is 69.7. The van der Waals surface area contributed by atoms with E-state index in [4.69, 9.17) is 14.2 Å². The largest absolute Gasteiger partial charge is 0.462 e. The van der Waals surface area contributed by atoms with Gasteiger partial charge in [-0.3, -0.25) is 14.4 Å². The van der Waals surface area contributed by atoms with Gasteiger partial charge in [-0.05, 0) is 109 Å². The van der Waals surface area contributed by atoms with Gasteiger partial charge in [0, 0.05) is 19.3 Å². The molecule has 0 N–H and O–H groups in total. The van der Waals surface area contributed by atoms with Gasteiger partial charge in [-0.2, -0.15) is 0 Å². The quantitative estimate of drug-likeness (QED) is 0.0262. The molecule has 0 rings (SSSR count). The third-order valence-electron chi connectivity index (χ3n) is 11.1. The van der Waals surface area contributed by atoms with Crippen molar-refractivity contribution in [2.75, 3.05) is 13.2 Å². The number of hydrogen-bond donors (Lipinski definition) is 0. The van der Waals surface area contributed by atoms with Crippen molar-refractivity contribution in [3.8, 4) is 0 Å². The van der Waals surface area contributed by atoms with Gasteiger partial charge in [0.1, 0.15) is 13.2 Å². The molecule has 0 saturated carbocycles. The molecule has 0 spiro atoms. The van der Waals surface area contributed by atoms with Crippen molar-refractivity contribution in [2.24, 2.45) is 0 Å². The second kappa shape index (κ2) is 52.9. The molecule has 1 unspecified atom stereocenters. The predicted molar refractivity (Wildman–Crippen MR) is 279 cm³/mol. The van der Waals surface area contributed by atoms with Crippen LogP contribution in [-0.2, 0) is 28.6 Å². The number of unbranched alkanes of at least 4 members (excludes halogenated alkanes) is 20. The van der Waals surface area contributed by atoms with Gasteiger partial charge in [0.25, 0.3) is 0 Å². The number of hydrogen-bond acceptors (Lipinski definition) is 6. The number of rotatable bonds is 47. The van der Waals surface area contributed by atoms with Crippen LogP contribution in [0, 0.1) is 0 Å². The average molecular weight is 903 g/mol. The third kappa shape index (κ3) is 51.2. The number of esters is 3. The smallest absolute Gasteiger partial charge is 0.306 e. The van der Waals surface area contributed by atoms with Crippen LogP contribution < -0.4 is 0 Å². The van der Waals surface area contributed by atoms with Crippen LogP contribution in [0.5, 0.6) is 0 Å². The zero-order valence-electron chi connectivity index (χ0n) is 42.2. The summed E-state index contributed by atoms with van der Waals surface area (Å²) in [4.78, 5) is 38.0. The Morgan fingerprint density at radius 1 is 0.323 bits per heavy atom. The molecule has 0 bridgehead atoms. The maximum absolute atomic E-state index is 12.8. The summed E-state index contributed by atoms with van der Waals surface area (Å²) < 4.78 is 16.7. The van der Waals surface area contributed by atoms with Crippen LogP contribution in [0.2, 0.25) is 0 Å². The summed E-state index contributed by atoms with van der Waals surface area (Å²) in [7, 11) is 0. The van der Waals surface area contributed by atoms with Crippen LogP contribution in [-0.4, -0.2) is 37.2 Å². The minimum atomic E-state index is -0.816. The van der Waals surface area contributed by atoms with E-state index in [1.54, 1.807) is 0 Å². The SMILES string of the molecule is CC/C=C\C/C=C\C/C=C\C/C=C\C/C=C\CCCCCC(=O)OCC(COC(=O)CC/C=C\C/C=C\CCCCCCCC)OC(=O)CCCCCCCCC/C=C\CCCCCC. The Morgan fingerprint density at radius 3 is 1.08 bits per heavy atom. The first-order valence-corrected chi connectivity index (χ1v) is 26.7. The van der Waals surface area contributed by atoms with Crippen LogP contribution in [0.15, 0.2) is 97.2 Å². The van der Waals surface area contributed by atoms with Gasteiger partial charge in [0.2, 0.25) is 0 Å². The Labute approximate surface area is 400 Å². The zero-order chi connectivity index (χ0) is 47.2. The van der Waals surface area contributed by atoms with E-state index in [9.17, 15) is 14.4 Å². The topological polar surface area (TPSA) is 78.9 Å². The van der Waals surface area contributed by atoms with Gasteiger partial charge < -0.3 is 14.2 Å². The fourth-order valence-corrected chi connectivity index (χ4v) is 7.04. The first-order chi connectivity index (χ1) is 32.0. The highest BCUT2D eigenvalue weighted by molar-refractivity contribution is 5.71. The van der Waals surface area contributed by atoms with Crippen LogP contribution in [0.1, 0.15) is 239 Å². The number of ether oxygens (including phenoxy) is 3. The van der Waals surface area contributed by atoms with E-state index in [1.165, 1.54) is 103 Å². The summed E-state index contributed by atoms with van der Waals surface area (Å²) in [6.45, 7) is 6.41. The number of carbonyl (C=O) groups excluding carboxylic acids is 3. The molecule has 0 aliphatic heterocycles. The van der Waals surface area contributed by atoms with E-state index in [2.05, 4.69) is 112 Å². The lowest BCUT2D eigenvalue weighted by Gasteiger charge is -2.18. The second-order valence-electron chi connectivity index (χ2n) is 17.4. The molecule has 0 aromatic carbocycles. The highest BCUT2D eigenvalue weighted by atomic mass is 16.6. The normalized spacial score (nSPS) is 12.8. The van der Waals surface area contributed by atoms with E-state index in [-0.39, 0.29) is 37.5 Å². The molecule has 1 atom stereocenters. The summed E-state index contributed by atoms with van der Waals surface area (Å²) in [5.74, 6) is -1.02. The third-order valence-corrected chi connectivity index (χ3v) is 11.1. The van der Waals surface area contributed by atoms with E-state index in [0.717, 1.165) is 89.9 Å². The molecular weight excluding hydrogens is 805 g/mol. The highest BCUT2D eigenvalue weighted by Crippen LogP contribution is 2.13. The Bertz CT molecular complexity index is 1310. The Morgan fingerprint density at radius 2 is 0.631 bits per heavy atom. The Kier molecular flexibility index (Phi) is 50.0. The van der Waals surface area contributed by atoms with E-state index >= 15 is 0 Å². The molecule has 0 radical (unpaired) electrons. The second-order valence-corrected chi connectivity index (χ2v) is 17.4. The summed E-state index contributed by atoms with van der Waals surface area (Å²) in [5, 5.41) is 0. The highest BCUT2D eigenvalue weighted by Gasteiger charge is 2.19. The van der Waals surface area contributed by atoms with Gasteiger partial charge in [0.15, 0.2) is 6.10 Å². The van der Waals surface area contributed by atoms with Crippen molar-refractivity contribution in [3.63, 3.8) is 0 Å². The standard InChI is InChI=1S/C59H98O6/c1-4-7-10-13-16-19-22-25-27-28-29-30-32-34-37-40-43-46-49-52-58(61)64-55-56(54-63-57(60)51-48-45-42-39-36-33-24-21-18-15-12-9-6-3)65-59(62)53-50-47-44-41-38-35-31-26-23-20-17-14-11-8-5-2/h7,10,16,19-20,23,25,27,29-30,33-34,36-37,42,45,56H,4-6,8-9,11-15,17-18,21-22,24,26,28,31-32,35,38-41,43-44,46-55H2,1-3H3/b10-7-,19-16-,23-20-,27-25-,30-29-,36-33-,37-34-,45-42-. The van der Waals surface area contributed by atoms with Crippen LogP contribution in [0.4, 0.5) is 0 Å². The molecule has 0 heterocycles. The van der Waals surface area contributed by atoms with Crippen molar-refractivity contribution in [3.05, 3.63) is 97.2 Å². The monoisotopic (exact) mass is 903 g/mol. The molecule has 0 fully saturated rings. The first kappa shape index (κ1) is 61.3. The van der Waals surface area contributed by atoms with Crippen LogP contribution >= 0.6 is 0 Å². The maximum Gasteiger partial charge on any atom is 0.306 e. The van der Waals surface area contributed by atoms with Gasteiger partial charge in [0.05, 0.1) is 0 Å². The molecule has 65 heavy (non-hydrogen) atoms. The lowest BCUT2D eigenvalue weighted by molar-refractivity contribution is -0.166. The van der Waals surface area contributed by atoms with Crippen molar-refractivity contribution in [1.82, 2.24) is 0 Å². The van der Waals surface area contributed by atoms with Gasteiger partial charge in [-0.15, -0.1) is 0 Å². The molecule has 0 aromatic rings. The molecule has 370 valence electrons. The molecule has 6 heteroatoms. The van der Waals surface area contributed by atoms with Crippen molar-refractivity contribution in [1.29, 1.82) is 0 Å². The van der Waals surface area contributed by atoms with Gasteiger partial charge in [-0.25, -0.2) is 0 Å². The van der Waals surface area contributed by atoms with Crippen molar-refractivity contribution in [2.45, 2.75) is 245 Å². The van der Waals surface area contributed by atoms with E-state index < -0.39 is 6.10 Å². The zero-order valence-corrected chi connectivity index (χ0v) is 42.2. The number of carbonyl (C=O) groups is 3. The summed E-state index contributed by atoms with van der Waals surface area (Å²) >= 11 is 0. The molecule has 6 nitrogen and oxygen atoms in total. The summed E-state index contributed by atoms with van der Waals surface area (Å²) in [5.41, 5.74) is 0. The van der Waals surface area contributed by atoms with Crippen LogP contribution in [0.25, 0.3) is 0 Å². The fourth-order valence-electron chi connectivity index (χ4n) is 7.04. The predicted octanol–water partition coefficient (Wildman–Crippen LogP) is 17.8. The average Bonchev–Trinajstić information content (AvgIpc) is 3.30. The number of allylic oxidation sites excluding steroid dienone is 16. The van der Waals surface area contributed by atoms with E-state index in [0.29, 0.717) is 19.3 Å². The maximum atomic E-state index is 12.8. The lowest BCUT2D eigenvalue weighted by Crippen LogP contribution is -2.30. The fraction of sp³-hybridized carbons (Fsp3) is 0.678. The summed E-state index contributed by atoms with van der Waals surface area (Å²) in [6, 6.07) is 0. The van der Waals surface area contributed by atoms with Crippen LogP contribution in [0.3, 0.4) is 0 Å². The minimum absolute atomic E-state index is 0.114. The molecule has 0 amide bonds. The van der Waals surface area contributed by atoms with Gasteiger partial charge in [-0.1, -0.05) is 208 Å².